The van der Waals surface area contributed by atoms with Gasteiger partial charge in [0.25, 0.3) is 11.1 Å². The lowest BCUT2D eigenvalue weighted by Gasteiger charge is -2.14. The number of carbonyl (C=O) groups is 3. The Morgan fingerprint density at radius 1 is 1.27 bits per heavy atom. The summed E-state index contributed by atoms with van der Waals surface area (Å²) in [7, 11) is 1.50. The van der Waals surface area contributed by atoms with Gasteiger partial charge in [-0.25, -0.2) is 0 Å². The number of benzene rings is 2. The first-order valence-electron chi connectivity index (χ1n) is 9.79. The van der Waals surface area contributed by atoms with Crippen LogP contribution in [0.4, 0.5) is 10.5 Å². The molecule has 1 N–H and O–H groups in total. The monoisotopic (exact) mass is 576 g/mol. The number of nitrogens with zero attached hydrogens (tertiary/aromatic N) is 1. The number of methoxy groups -OCH3 is 1. The molecule has 0 saturated carbocycles. The van der Waals surface area contributed by atoms with Crippen molar-refractivity contribution in [2.24, 2.45) is 0 Å². The van der Waals surface area contributed by atoms with Gasteiger partial charge in [-0.05, 0) is 89.2 Å². The van der Waals surface area contributed by atoms with Gasteiger partial charge in [-0.1, -0.05) is 18.1 Å². The fourth-order valence-corrected chi connectivity index (χ4v) is 4.69. The summed E-state index contributed by atoms with van der Waals surface area (Å²) >= 11 is 2.87. The number of halogens is 1. The number of terminal acetylenes is 1. The molecule has 33 heavy (non-hydrogen) atoms. The van der Waals surface area contributed by atoms with E-state index in [1.165, 1.54) is 7.11 Å². The molecule has 2 aromatic carbocycles. The third-order valence-electron chi connectivity index (χ3n) is 4.69. The second-order valence-corrected chi connectivity index (χ2v) is 9.32. The lowest BCUT2D eigenvalue weighted by molar-refractivity contribution is -0.127. The zero-order valence-corrected chi connectivity index (χ0v) is 21.2. The molecule has 2 aromatic rings. The summed E-state index contributed by atoms with van der Waals surface area (Å²) in [6, 6.07) is 9.15. The fraction of sp³-hybridized carbons (Fsp3) is 0.208. The minimum absolute atomic E-state index is 0.0920. The van der Waals surface area contributed by atoms with Crippen LogP contribution in [0.15, 0.2) is 35.2 Å². The smallest absolute Gasteiger partial charge is 0.294 e. The van der Waals surface area contributed by atoms with Gasteiger partial charge in [0.05, 0.1) is 15.6 Å². The van der Waals surface area contributed by atoms with E-state index >= 15 is 0 Å². The van der Waals surface area contributed by atoms with Crippen molar-refractivity contribution < 1.29 is 23.9 Å². The van der Waals surface area contributed by atoms with Gasteiger partial charge in [-0.2, -0.15) is 0 Å². The summed E-state index contributed by atoms with van der Waals surface area (Å²) in [4.78, 5) is 38.9. The molecule has 1 fully saturated rings. The van der Waals surface area contributed by atoms with Gasteiger partial charge in [0.1, 0.15) is 13.2 Å². The predicted molar refractivity (Wildman–Crippen MR) is 137 cm³/mol. The zero-order valence-electron chi connectivity index (χ0n) is 18.2. The quantitative estimate of drug-likeness (QED) is 0.295. The average molecular weight is 576 g/mol. The number of ether oxygens (including phenoxy) is 2. The van der Waals surface area contributed by atoms with Gasteiger partial charge >= 0.3 is 0 Å². The van der Waals surface area contributed by atoms with Crippen LogP contribution in [-0.4, -0.2) is 42.2 Å². The molecule has 7 nitrogen and oxygen atoms in total. The first-order chi connectivity index (χ1) is 15.7. The van der Waals surface area contributed by atoms with E-state index in [-0.39, 0.29) is 18.1 Å². The first kappa shape index (κ1) is 24.7. The summed E-state index contributed by atoms with van der Waals surface area (Å²) in [6.07, 6.45) is 6.84. The number of hydrogen-bond acceptors (Lipinski definition) is 6. The van der Waals surface area contributed by atoms with Crippen LogP contribution in [0.1, 0.15) is 16.7 Å². The maximum Gasteiger partial charge on any atom is 0.294 e. The number of nitrogens with one attached hydrogen (secondary N) is 1. The zero-order chi connectivity index (χ0) is 24.1. The van der Waals surface area contributed by atoms with Gasteiger partial charge in [0.15, 0.2) is 11.5 Å². The summed E-state index contributed by atoms with van der Waals surface area (Å²) in [5, 5.41) is 2.27. The van der Waals surface area contributed by atoms with Gasteiger partial charge in [-0.3, -0.25) is 19.3 Å². The minimum atomic E-state index is -0.525. The third-order valence-corrected chi connectivity index (χ3v) is 6.40. The van der Waals surface area contributed by atoms with Crippen LogP contribution in [0, 0.1) is 29.8 Å². The van der Waals surface area contributed by atoms with Crippen LogP contribution in [0.3, 0.4) is 0 Å². The van der Waals surface area contributed by atoms with Crippen LogP contribution in [0.2, 0.25) is 0 Å². The van der Waals surface area contributed by atoms with Crippen LogP contribution in [0.25, 0.3) is 6.08 Å². The van der Waals surface area contributed by atoms with E-state index in [0.29, 0.717) is 22.7 Å². The topological polar surface area (TPSA) is 84.9 Å². The molecule has 0 atom stereocenters. The Morgan fingerprint density at radius 2 is 2.03 bits per heavy atom. The molecular formula is C24H21IN2O5S. The van der Waals surface area contributed by atoms with Crippen molar-refractivity contribution in [3.8, 4) is 23.8 Å². The summed E-state index contributed by atoms with van der Waals surface area (Å²) < 4.78 is 11.6. The Kier molecular flexibility index (Phi) is 8.05. The van der Waals surface area contributed by atoms with Gasteiger partial charge in [0.2, 0.25) is 5.91 Å². The van der Waals surface area contributed by atoms with Gasteiger partial charge < -0.3 is 14.8 Å². The molecule has 1 saturated heterocycles. The van der Waals surface area contributed by atoms with Crippen LogP contribution in [0.5, 0.6) is 11.5 Å². The Balaban J connectivity index is 1.77. The summed E-state index contributed by atoms with van der Waals surface area (Å²) in [6.45, 7) is 3.51. The van der Waals surface area contributed by atoms with E-state index in [4.69, 9.17) is 15.9 Å². The normalized spacial score (nSPS) is 14.4. The second kappa shape index (κ2) is 10.8. The number of aryl methyl sites for hydroxylation is 2. The lowest BCUT2D eigenvalue weighted by Crippen LogP contribution is -2.36. The van der Waals surface area contributed by atoms with Crippen LogP contribution in [-0.2, 0) is 9.59 Å². The summed E-state index contributed by atoms with van der Waals surface area (Å²) in [5.74, 6) is 2.39. The second-order valence-electron chi connectivity index (χ2n) is 7.16. The third kappa shape index (κ3) is 5.89. The predicted octanol–water partition coefficient (Wildman–Crippen LogP) is 4.60. The maximum atomic E-state index is 12.8. The summed E-state index contributed by atoms with van der Waals surface area (Å²) in [5.41, 5.74) is 3.18. The molecule has 0 aliphatic carbocycles. The minimum Gasteiger partial charge on any atom is -0.493 e. The molecule has 170 valence electrons. The molecule has 0 bridgehead atoms. The number of thioether (sulfide) groups is 1. The highest BCUT2D eigenvalue weighted by molar-refractivity contribution is 14.1. The molecule has 1 aliphatic rings. The van der Waals surface area contributed by atoms with E-state index in [1.54, 1.807) is 18.2 Å². The van der Waals surface area contributed by atoms with Crippen molar-refractivity contribution in [1.82, 2.24) is 4.90 Å². The van der Waals surface area contributed by atoms with E-state index < -0.39 is 17.1 Å². The maximum absolute atomic E-state index is 12.8. The SMILES string of the molecule is C#CCOc1c(I)cc(/C=C2/SC(=O)N(CC(=O)Nc3cc(C)ccc3C)C2=O)cc1OC. The average Bonchev–Trinajstić information content (AvgIpc) is 3.02. The van der Waals surface area contributed by atoms with E-state index in [9.17, 15) is 14.4 Å². The first-order valence-corrected chi connectivity index (χ1v) is 11.7. The lowest BCUT2D eigenvalue weighted by atomic mass is 10.1. The Labute approximate surface area is 210 Å². The molecule has 1 heterocycles. The number of anilines is 1. The van der Waals surface area contributed by atoms with Crippen LogP contribution < -0.4 is 14.8 Å². The van der Waals surface area contributed by atoms with E-state index in [2.05, 4.69) is 33.8 Å². The van der Waals surface area contributed by atoms with Gasteiger partial charge in [0, 0.05) is 5.69 Å². The Bertz CT molecular complexity index is 1200. The van der Waals surface area contributed by atoms with Crippen LogP contribution >= 0.6 is 34.4 Å². The molecule has 0 aromatic heterocycles. The fourth-order valence-electron chi connectivity index (χ4n) is 3.07. The van der Waals surface area contributed by atoms with E-state index in [1.807, 2.05) is 32.0 Å². The molecule has 0 unspecified atom stereocenters. The van der Waals surface area contributed by atoms with Crippen molar-refractivity contribution in [1.29, 1.82) is 0 Å². The molecule has 3 amide bonds. The van der Waals surface area contributed by atoms with Crippen molar-refractivity contribution in [2.45, 2.75) is 13.8 Å². The molecular weight excluding hydrogens is 555 g/mol. The van der Waals surface area contributed by atoms with Gasteiger partial charge in [-0.15, -0.1) is 6.42 Å². The van der Waals surface area contributed by atoms with E-state index in [0.717, 1.165) is 31.4 Å². The Hall–Kier alpha value is -2.97. The molecule has 0 radical (unpaired) electrons. The highest BCUT2D eigenvalue weighted by Gasteiger charge is 2.36. The van der Waals surface area contributed by atoms with Crippen molar-refractivity contribution in [3.63, 3.8) is 0 Å². The number of hydrogen-bond donors (Lipinski definition) is 1. The molecule has 1 aliphatic heterocycles. The highest BCUT2D eigenvalue weighted by atomic mass is 127. The number of amides is 3. The van der Waals surface area contributed by atoms with Crippen molar-refractivity contribution >= 4 is 63.2 Å². The number of carbonyl (C=O) groups excluding carboxylic acids is 3. The number of rotatable bonds is 7. The molecule has 0 spiro atoms. The number of imide groups is 1. The Morgan fingerprint density at radius 3 is 2.73 bits per heavy atom. The molecule has 3 rings (SSSR count). The standard InChI is InChI=1S/C24H21IN2O5S/c1-5-8-32-22-17(25)10-16(11-19(22)31-4)12-20-23(29)27(24(30)33-20)13-21(28)26-18-9-14(2)6-7-15(18)3/h1,6-7,9-12H,8,13H2,2-4H3,(H,26,28)/b20-12+. The highest BCUT2D eigenvalue weighted by Crippen LogP contribution is 2.37. The van der Waals surface area contributed by atoms with Crippen molar-refractivity contribution in [2.75, 3.05) is 25.6 Å². The largest absolute Gasteiger partial charge is 0.493 e. The molecule has 9 heteroatoms. The van der Waals surface area contributed by atoms with Crippen molar-refractivity contribution in [3.05, 3.63) is 55.5 Å².